The average Bonchev–Trinajstić information content (AvgIpc) is 3.16. The van der Waals surface area contributed by atoms with Gasteiger partial charge < -0.3 is 9.09 Å². The number of aryl methyl sites for hydroxylation is 2. The highest BCUT2D eigenvalue weighted by Crippen LogP contribution is 2.62. The first-order chi connectivity index (χ1) is 14.6. The van der Waals surface area contributed by atoms with Gasteiger partial charge in [0, 0.05) is 19.2 Å². The zero-order valence-corrected chi connectivity index (χ0v) is 16.6. The molecule has 0 amide bonds. The first-order valence-corrected chi connectivity index (χ1v) is 9.91. The Morgan fingerprint density at radius 1 is 1.20 bits per heavy atom. The van der Waals surface area contributed by atoms with E-state index >= 15 is 0 Å². The van der Waals surface area contributed by atoms with Gasteiger partial charge in [-0.05, 0) is 42.4 Å². The summed E-state index contributed by atoms with van der Waals surface area (Å²) in [5, 5.41) is 4.18. The van der Waals surface area contributed by atoms with Crippen molar-refractivity contribution >= 4 is 16.7 Å². The Morgan fingerprint density at radius 2 is 2.07 bits per heavy atom. The summed E-state index contributed by atoms with van der Waals surface area (Å²) in [7, 11) is 1.77. The van der Waals surface area contributed by atoms with E-state index in [0.717, 1.165) is 23.5 Å². The SMILES string of the molecule is Cc1ccc(C2=C[C@@H]3[C@H](C2)[C@H]3c2noc(Cn3cnc4ncn(C)c4c3=O)n2)nc1. The number of allylic oxidation sites excluding steroid dienone is 2. The van der Waals surface area contributed by atoms with Crippen molar-refractivity contribution in [3.8, 4) is 0 Å². The van der Waals surface area contributed by atoms with Crippen LogP contribution in [0.5, 0.6) is 0 Å². The minimum absolute atomic E-state index is 0.179. The number of aromatic nitrogens is 7. The molecule has 0 spiro atoms. The van der Waals surface area contributed by atoms with Crippen molar-refractivity contribution in [2.75, 3.05) is 0 Å². The number of pyridine rings is 1. The molecule has 1 saturated carbocycles. The summed E-state index contributed by atoms with van der Waals surface area (Å²) in [6.45, 7) is 2.23. The Labute approximate surface area is 171 Å². The highest BCUT2D eigenvalue weighted by atomic mass is 16.5. The molecule has 2 aliphatic carbocycles. The fourth-order valence-corrected chi connectivity index (χ4v) is 4.45. The fourth-order valence-electron chi connectivity index (χ4n) is 4.45. The lowest BCUT2D eigenvalue weighted by Crippen LogP contribution is -2.22. The van der Waals surface area contributed by atoms with E-state index in [9.17, 15) is 4.79 Å². The number of hydrogen-bond donors (Lipinski definition) is 0. The second kappa shape index (κ2) is 6.19. The van der Waals surface area contributed by atoms with Crippen LogP contribution in [0.25, 0.3) is 16.7 Å². The predicted molar refractivity (Wildman–Crippen MR) is 107 cm³/mol. The number of nitrogens with zero attached hydrogens (tertiary/aromatic N) is 7. The Balaban J connectivity index is 1.20. The molecule has 0 unspecified atom stereocenters. The lowest BCUT2D eigenvalue weighted by molar-refractivity contribution is 0.364. The van der Waals surface area contributed by atoms with Crippen molar-refractivity contribution in [3.63, 3.8) is 0 Å². The van der Waals surface area contributed by atoms with Gasteiger partial charge in [-0.3, -0.25) is 14.3 Å². The van der Waals surface area contributed by atoms with Crippen LogP contribution in [0.2, 0.25) is 0 Å². The second-order valence-electron chi connectivity index (χ2n) is 8.14. The summed E-state index contributed by atoms with van der Waals surface area (Å²) in [5.74, 6) is 2.35. The van der Waals surface area contributed by atoms with Crippen molar-refractivity contribution in [1.29, 1.82) is 0 Å². The molecular formula is C21H19N7O2. The van der Waals surface area contributed by atoms with Gasteiger partial charge in [0.05, 0.1) is 12.0 Å². The average molecular weight is 401 g/mol. The Kier molecular flexibility index (Phi) is 3.56. The van der Waals surface area contributed by atoms with Crippen LogP contribution >= 0.6 is 0 Å². The molecule has 0 N–H and O–H groups in total. The highest BCUT2D eigenvalue weighted by Gasteiger charge is 2.55. The summed E-state index contributed by atoms with van der Waals surface area (Å²) < 4.78 is 8.57. The molecule has 0 bridgehead atoms. The molecule has 3 atom stereocenters. The zero-order chi connectivity index (χ0) is 20.4. The van der Waals surface area contributed by atoms with Gasteiger partial charge in [-0.25, -0.2) is 9.97 Å². The molecule has 150 valence electrons. The Bertz CT molecular complexity index is 1360. The summed E-state index contributed by atoms with van der Waals surface area (Å²) in [4.78, 5) is 30.1. The van der Waals surface area contributed by atoms with Crippen LogP contribution in [0.1, 0.15) is 35.3 Å². The summed E-state index contributed by atoms with van der Waals surface area (Å²) in [5.41, 5.74) is 4.22. The molecule has 4 aromatic heterocycles. The van der Waals surface area contributed by atoms with Crippen LogP contribution in [0, 0.1) is 18.8 Å². The largest absolute Gasteiger partial charge is 0.337 e. The highest BCUT2D eigenvalue weighted by molar-refractivity contribution is 5.69. The molecule has 0 aliphatic heterocycles. The Morgan fingerprint density at radius 3 is 2.83 bits per heavy atom. The van der Waals surface area contributed by atoms with E-state index in [1.54, 1.807) is 17.9 Å². The first kappa shape index (κ1) is 17.3. The van der Waals surface area contributed by atoms with Crippen LogP contribution in [-0.4, -0.2) is 34.2 Å². The number of fused-ring (bicyclic) bond motifs is 2. The molecular weight excluding hydrogens is 382 g/mol. The van der Waals surface area contributed by atoms with Gasteiger partial charge >= 0.3 is 0 Å². The third kappa shape index (κ3) is 2.62. The molecule has 9 nitrogen and oxygen atoms in total. The number of hydrogen-bond acceptors (Lipinski definition) is 7. The van der Waals surface area contributed by atoms with E-state index < -0.39 is 0 Å². The summed E-state index contributed by atoms with van der Waals surface area (Å²) in [6, 6.07) is 4.17. The number of imidazole rings is 1. The Hall–Kier alpha value is -3.62. The van der Waals surface area contributed by atoms with Crippen molar-refractivity contribution in [2.45, 2.75) is 25.8 Å². The maximum atomic E-state index is 12.7. The first-order valence-electron chi connectivity index (χ1n) is 9.91. The van der Waals surface area contributed by atoms with Gasteiger partial charge in [0.15, 0.2) is 17.0 Å². The van der Waals surface area contributed by atoms with E-state index in [4.69, 9.17) is 4.52 Å². The van der Waals surface area contributed by atoms with Crippen molar-refractivity contribution in [3.05, 3.63) is 70.4 Å². The second-order valence-corrected chi connectivity index (χ2v) is 8.14. The van der Waals surface area contributed by atoms with Gasteiger partial charge in [0.25, 0.3) is 5.56 Å². The van der Waals surface area contributed by atoms with Crippen LogP contribution in [0.3, 0.4) is 0 Å². The molecule has 4 aromatic rings. The van der Waals surface area contributed by atoms with Crippen LogP contribution in [-0.2, 0) is 13.6 Å². The zero-order valence-electron chi connectivity index (χ0n) is 16.6. The van der Waals surface area contributed by atoms with Crippen molar-refractivity contribution in [1.82, 2.24) is 34.2 Å². The molecule has 1 fully saturated rings. The molecule has 0 saturated heterocycles. The predicted octanol–water partition coefficient (Wildman–Crippen LogP) is 2.08. The standard InChI is InChI=1S/C21H19N7O2/c1-11-3-4-15(22-7-11)12-5-13-14(6-12)17(13)19-25-16(30-26-19)8-28-10-24-20-18(21(28)29)27(2)9-23-20/h3-5,7,9-10,13-14,17H,6,8H2,1-2H3/t13-,14+,17+/m1/s1. The third-order valence-electron chi connectivity index (χ3n) is 6.11. The minimum atomic E-state index is -0.179. The maximum absolute atomic E-state index is 12.7. The summed E-state index contributed by atoms with van der Waals surface area (Å²) in [6.07, 6.45) is 8.23. The van der Waals surface area contributed by atoms with Gasteiger partial charge in [-0.2, -0.15) is 4.98 Å². The molecule has 2 aliphatic rings. The monoisotopic (exact) mass is 401 g/mol. The maximum Gasteiger partial charge on any atom is 0.280 e. The summed E-state index contributed by atoms with van der Waals surface area (Å²) >= 11 is 0. The molecule has 9 heteroatoms. The number of rotatable bonds is 4. The van der Waals surface area contributed by atoms with E-state index in [-0.39, 0.29) is 18.0 Å². The van der Waals surface area contributed by atoms with E-state index in [2.05, 4.69) is 43.3 Å². The lowest BCUT2D eigenvalue weighted by Gasteiger charge is -2.04. The molecule has 30 heavy (non-hydrogen) atoms. The lowest BCUT2D eigenvalue weighted by atomic mass is 10.0. The molecule has 4 heterocycles. The fraction of sp³-hybridized carbons (Fsp3) is 0.333. The van der Waals surface area contributed by atoms with Crippen molar-refractivity contribution < 1.29 is 4.52 Å². The smallest absolute Gasteiger partial charge is 0.280 e. The van der Waals surface area contributed by atoms with Crippen LogP contribution < -0.4 is 5.56 Å². The van der Waals surface area contributed by atoms with Crippen LogP contribution in [0.15, 0.2) is 46.4 Å². The normalized spacial score (nSPS) is 22.3. The van der Waals surface area contributed by atoms with Gasteiger partial charge in [-0.15, -0.1) is 0 Å². The van der Waals surface area contributed by atoms with E-state index in [1.165, 1.54) is 16.5 Å². The van der Waals surface area contributed by atoms with Crippen molar-refractivity contribution in [2.24, 2.45) is 18.9 Å². The van der Waals surface area contributed by atoms with Gasteiger partial charge in [0.2, 0.25) is 5.89 Å². The topological polar surface area (TPSA) is 105 Å². The molecule has 0 aromatic carbocycles. The quantitative estimate of drug-likeness (QED) is 0.515. The molecule has 0 radical (unpaired) electrons. The van der Waals surface area contributed by atoms with E-state index in [0.29, 0.717) is 28.9 Å². The minimum Gasteiger partial charge on any atom is -0.337 e. The van der Waals surface area contributed by atoms with Gasteiger partial charge in [0.1, 0.15) is 12.9 Å². The van der Waals surface area contributed by atoms with E-state index in [1.807, 2.05) is 13.1 Å². The third-order valence-corrected chi connectivity index (χ3v) is 6.11. The van der Waals surface area contributed by atoms with Crippen LogP contribution in [0.4, 0.5) is 0 Å². The molecule has 6 rings (SSSR count). The van der Waals surface area contributed by atoms with Gasteiger partial charge in [-0.1, -0.05) is 17.3 Å².